The summed E-state index contributed by atoms with van der Waals surface area (Å²) < 4.78 is 12.7. The zero-order chi connectivity index (χ0) is 19.7. The van der Waals surface area contributed by atoms with Crippen molar-refractivity contribution in [2.75, 3.05) is 6.61 Å². The van der Waals surface area contributed by atoms with E-state index in [4.69, 9.17) is 14.6 Å². The van der Waals surface area contributed by atoms with Crippen LogP contribution in [0.4, 0.5) is 0 Å². The summed E-state index contributed by atoms with van der Waals surface area (Å²) in [4.78, 5) is 14.0. The number of benzene rings is 2. The third kappa shape index (κ3) is 4.20. The molecule has 0 unspecified atom stereocenters. The van der Waals surface area contributed by atoms with Gasteiger partial charge in [0.15, 0.2) is 12.4 Å². The van der Waals surface area contributed by atoms with Gasteiger partial charge in [-0.25, -0.2) is 4.79 Å². The molecule has 1 aromatic heterocycles. The lowest BCUT2D eigenvalue weighted by Gasteiger charge is -2.24. The van der Waals surface area contributed by atoms with Gasteiger partial charge in [-0.15, -0.1) is 0 Å². The third-order valence-electron chi connectivity index (χ3n) is 5.03. The number of carbonyl (C=O) groups is 1. The van der Waals surface area contributed by atoms with Crippen molar-refractivity contribution >= 4 is 48.7 Å². The van der Waals surface area contributed by atoms with Gasteiger partial charge in [0.25, 0.3) is 0 Å². The molecule has 5 nitrogen and oxygen atoms in total. The second-order valence-corrected chi connectivity index (χ2v) is 8.73. The van der Waals surface area contributed by atoms with Crippen molar-refractivity contribution in [3.8, 4) is 17.2 Å². The highest BCUT2D eigenvalue weighted by Crippen LogP contribution is 2.41. The molecule has 1 aliphatic carbocycles. The Morgan fingerprint density at radius 1 is 1.14 bits per heavy atom. The van der Waals surface area contributed by atoms with E-state index in [0.717, 1.165) is 23.6 Å². The molecule has 2 aromatic carbocycles. The topological polar surface area (TPSA) is 71.6 Å². The fourth-order valence-corrected chi connectivity index (χ4v) is 4.68. The summed E-state index contributed by atoms with van der Waals surface area (Å²) in [6, 6.07) is 9.41. The summed E-state index contributed by atoms with van der Waals surface area (Å²) in [5.41, 5.74) is 2.44. The summed E-state index contributed by atoms with van der Waals surface area (Å²) in [5.74, 6) is 1.56. The van der Waals surface area contributed by atoms with Crippen LogP contribution in [0.25, 0.3) is 10.9 Å². The smallest absolute Gasteiger partial charge is 0.341 e. The monoisotopic (exact) mass is 507 g/mol. The molecule has 0 spiro atoms. The fourth-order valence-electron chi connectivity index (χ4n) is 3.38. The summed E-state index contributed by atoms with van der Waals surface area (Å²) in [7, 11) is 0. The largest absolute Gasteiger partial charge is 0.482 e. The molecule has 0 bridgehead atoms. The van der Waals surface area contributed by atoms with Crippen molar-refractivity contribution in [3.63, 3.8) is 0 Å². The second kappa shape index (κ2) is 8.17. The van der Waals surface area contributed by atoms with Crippen LogP contribution in [0.15, 0.2) is 45.5 Å². The molecule has 1 fully saturated rings. The Morgan fingerprint density at radius 3 is 2.54 bits per heavy atom. The maximum atomic E-state index is 10.7. The van der Waals surface area contributed by atoms with Crippen LogP contribution < -0.4 is 9.47 Å². The highest BCUT2D eigenvalue weighted by Gasteiger charge is 2.19. The van der Waals surface area contributed by atoms with E-state index in [-0.39, 0.29) is 0 Å². The van der Waals surface area contributed by atoms with Crippen molar-refractivity contribution in [1.29, 1.82) is 0 Å². The van der Waals surface area contributed by atoms with Gasteiger partial charge in [0.1, 0.15) is 11.5 Å². The maximum absolute atomic E-state index is 10.7. The molecule has 28 heavy (non-hydrogen) atoms. The first kappa shape index (κ1) is 19.3. The Labute approximate surface area is 179 Å². The molecule has 0 radical (unpaired) electrons. The first-order valence-electron chi connectivity index (χ1n) is 9.11. The number of fused-ring (bicyclic) bond motifs is 1. The summed E-state index contributed by atoms with van der Waals surface area (Å²) in [5, 5.41) is 9.94. The molecular formula is C21H19Br2NO4. The Morgan fingerprint density at radius 2 is 1.89 bits per heavy atom. The van der Waals surface area contributed by atoms with Crippen LogP contribution in [0.5, 0.6) is 17.2 Å². The van der Waals surface area contributed by atoms with E-state index >= 15 is 0 Å². The number of rotatable bonds is 7. The minimum atomic E-state index is -1.02. The Balaban J connectivity index is 1.57. The van der Waals surface area contributed by atoms with E-state index < -0.39 is 12.6 Å². The second-order valence-electron chi connectivity index (χ2n) is 7.02. The molecular weight excluding hydrogens is 490 g/mol. The summed E-state index contributed by atoms with van der Waals surface area (Å²) in [6.45, 7) is -0.396. The van der Waals surface area contributed by atoms with Crippen molar-refractivity contribution in [3.05, 3.63) is 51.0 Å². The predicted octanol–water partition coefficient (Wildman–Crippen LogP) is 6.29. The normalized spacial score (nSPS) is 14.1. The van der Waals surface area contributed by atoms with E-state index in [1.165, 1.54) is 30.2 Å². The van der Waals surface area contributed by atoms with Gasteiger partial charge in [0.05, 0.1) is 8.95 Å². The predicted molar refractivity (Wildman–Crippen MR) is 114 cm³/mol. The van der Waals surface area contributed by atoms with Gasteiger partial charge in [-0.3, -0.25) is 0 Å². The molecule has 0 atom stereocenters. The molecule has 1 saturated carbocycles. The number of nitrogens with one attached hydrogen (secondary N) is 1. The van der Waals surface area contributed by atoms with Gasteiger partial charge in [-0.2, -0.15) is 0 Å². The first-order valence-corrected chi connectivity index (χ1v) is 10.7. The van der Waals surface area contributed by atoms with Gasteiger partial charge in [0, 0.05) is 17.1 Å². The zero-order valence-electron chi connectivity index (χ0n) is 15.0. The number of hydrogen-bond acceptors (Lipinski definition) is 3. The zero-order valence-corrected chi connectivity index (χ0v) is 18.2. The average Bonchev–Trinajstić information content (AvgIpc) is 3.01. The van der Waals surface area contributed by atoms with E-state index in [1.54, 1.807) is 12.1 Å². The van der Waals surface area contributed by atoms with Crippen LogP contribution in [-0.2, 0) is 11.2 Å². The van der Waals surface area contributed by atoms with Crippen LogP contribution in [-0.4, -0.2) is 22.7 Å². The van der Waals surface area contributed by atoms with Crippen LogP contribution in [0.2, 0.25) is 0 Å². The molecule has 0 amide bonds. The molecule has 3 aromatic rings. The van der Waals surface area contributed by atoms with E-state index in [9.17, 15) is 4.79 Å². The Bertz CT molecular complexity index is 1000. The third-order valence-corrected chi connectivity index (χ3v) is 6.20. The van der Waals surface area contributed by atoms with Gasteiger partial charge < -0.3 is 19.6 Å². The number of carboxylic acid groups (broad SMARTS) is 1. The summed E-state index contributed by atoms with van der Waals surface area (Å²) >= 11 is 6.96. The fraction of sp³-hybridized carbons (Fsp3) is 0.286. The van der Waals surface area contributed by atoms with E-state index in [0.29, 0.717) is 20.4 Å². The highest BCUT2D eigenvalue weighted by molar-refractivity contribution is 9.11. The van der Waals surface area contributed by atoms with Crippen LogP contribution in [0, 0.1) is 5.92 Å². The molecule has 7 heteroatoms. The highest BCUT2D eigenvalue weighted by atomic mass is 79.9. The number of H-pyrrole nitrogens is 1. The van der Waals surface area contributed by atoms with Gasteiger partial charge in [-0.05, 0) is 80.1 Å². The standard InChI is InChI=1S/C21H19Br2NO4/c22-17-8-15(27-11-20(25)26)9-18(23)21(17)28-14-4-5-19-16(7-14)13(10-24-19)6-12-2-1-3-12/h4-5,7-10,12,24H,1-3,6,11H2,(H,25,26). The quantitative estimate of drug-likeness (QED) is 0.393. The molecule has 1 heterocycles. The Hall–Kier alpha value is -1.99. The minimum absolute atomic E-state index is 0.396. The van der Waals surface area contributed by atoms with Crippen molar-refractivity contribution in [2.45, 2.75) is 25.7 Å². The van der Waals surface area contributed by atoms with Gasteiger partial charge in [0.2, 0.25) is 0 Å². The van der Waals surface area contributed by atoms with Crippen molar-refractivity contribution < 1.29 is 19.4 Å². The first-order chi connectivity index (χ1) is 13.5. The number of aliphatic carboxylic acids is 1. The van der Waals surface area contributed by atoms with Gasteiger partial charge >= 0.3 is 5.97 Å². The lowest BCUT2D eigenvalue weighted by molar-refractivity contribution is -0.139. The minimum Gasteiger partial charge on any atom is -0.482 e. The number of halogens is 2. The molecule has 146 valence electrons. The van der Waals surface area contributed by atoms with Crippen LogP contribution >= 0.6 is 31.9 Å². The summed E-state index contributed by atoms with van der Waals surface area (Å²) in [6.07, 6.45) is 7.19. The number of ether oxygens (including phenoxy) is 2. The number of hydrogen-bond donors (Lipinski definition) is 2. The molecule has 4 rings (SSSR count). The molecule has 0 aliphatic heterocycles. The Kier molecular flexibility index (Phi) is 5.64. The molecule has 2 N–H and O–H groups in total. The van der Waals surface area contributed by atoms with Crippen molar-refractivity contribution in [1.82, 2.24) is 4.98 Å². The van der Waals surface area contributed by atoms with Crippen LogP contribution in [0.1, 0.15) is 24.8 Å². The van der Waals surface area contributed by atoms with E-state index in [1.807, 2.05) is 12.1 Å². The van der Waals surface area contributed by atoms with Crippen LogP contribution in [0.3, 0.4) is 0 Å². The molecule has 1 aliphatic rings. The lowest BCUT2D eigenvalue weighted by atomic mass is 9.81. The molecule has 0 saturated heterocycles. The number of aromatic nitrogens is 1. The SMILES string of the molecule is O=C(O)COc1cc(Br)c(Oc2ccc3[nH]cc(CC4CCC4)c3c2)c(Br)c1. The van der Waals surface area contributed by atoms with Crippen molar-refractivity contribution in [2.24, 2.45) is 5.92 Å². The van der Waals surface area contributed by atoms with E-state index in [2.05, 4.69) is 49.1 Å². The van der Waals surface area contributed by atoms with Gasteiger partial charge in [-0.1, -0.05) is 19.3 Å². The number of carboxylic acids is 1. The lowest BCUT2D eigenvalue weighted by Crippen LogP contribution is -2.13. The average molecular weight is 509 g/mol. The number of aromatic amines is 1. The maximum Gasteiger partial charge on any atom is 0.341 e.